The molecular formula is C28H34N4O8. The summed E-state index contributed by atoms with van der Waals surface area (Å²) in [5.41, 5.74) is 5.85. The third-order valence-electron chi connectivity index (χ3n) is 5.02. The zero-order valence-electron chi connectivity index (χ0n) is 22.5. The first-order valence-corrected chi connectivity index (χ1v) is 12.2. The van der Waals surface area contributed by atoms with Crippen molar-refractivity contribution >= 4 is 11.8 Å². The van der Waals surface area contributed by atoms with Crippen molar-refractivity contribution < 1.29 is 38.0 Å². The molecule has 0 spiro atoms. The van der Waals surface area contributed by atoms with E-state index >= 15 is 0 Å². The molecule has 0 heterocycles. The number of ether oxygens (including phenoxy) is 6. The molecule has 0 saturated carbocycles. The van der Waals surface area contributed by atoms with Crippen LogP contribution in [0, 0.1) is 23.7 Å². The van der Waals surface area contributed by atoms with Crippen molar-refractivity contribution in [3.63, 3.8) is 0 Å². The molecule has 0 fully saturated rings. The Morgan fingerprint density at radius 2 is 1.05 bits per heavy atom. The quantitative estimate of drug-likeness (QED) is 0.0749. The summed E-state index contributed by atoms with van der Waals surface area (Å²) in [6.45, 7) is 2.86. The summed E-state index contributed by atoms with van der Waals surface area (Å²) < 4.78 is 32.0. The number of hydrazine groups is 2. The molecule has 12 nitrogen and oxygen atoms in total. The van der Waals surface area contributed by atoms with Gasteiger partial charge in [0.25, 0.3) is 11.8 Å². The van der Waals surface area contributed by atoms with Crippen LogP contribution >= 0.6 is 0 Å². The Morgan fingerprint density at radius 1 is 0.650 bits per heavy atom. The van der Waals surface area contributed by atoms with E-state index < -0.39 is 11.8 Å². The van der Waals surface area contributed by atoms with Gasteiger partial charge in [0.05, 0.1) is 50.8 Å². The highest BCUT2D eigenvalue weighted by Gasteiger charge is 2.13. The summed E-state index contributed by atoms with van der Waals surface area (Å²) in [6, 6.07) is 9.67. The van der Waals surface area contributed by atoms with Crippen molar-refractivity contribution in [1.82, 2.24) is 10.9 Å². The van der Waals surface area contributed by atoms with Gasteiger partial charge >= 0.3 is 0 Å². The fraction of sp³-hybridized carbons (Fsp3) is 0.357. The highest BCUT2D eigenvalue weighted by molar-refractivity contribution is 5.97. The minimum atomic E-state index is -0.499. The molecule has 0 aliphatic rings. The molecule has 2 aromatic rings. The summed E-state index contributed by atoms with van der Waals surface area (Å²) in [7, 11) is 3.17. The predicted molar refractivity (Wildman–Crippen MR) is 146 cm³/mol. The van der Waals surface area contributed by atoms with Gasteiger partial charge in [-0.1, -0.05) is 11.8 Å². The van der Waals surface area contributed by atoms with Crippen LogP contribution in [-0.2, 0) is 18.9 Å². The van der Waals surface area contributed by atoms with Gasteiger partial charge in [0.1, 0.15) is 24.7 Å². The van der Waals surface area contributed by atoms with Crippen LogP contribution in [-0.4, -0.2) is 78.9 Å². The molecule has 0 aliphatic carbocycles. The Kier molecular flexibility index (Phi) is 15.2. The molecule has 0 unspecified atom stereocenters. The summed E-state index contributed by atoms with van der Waals surface area (Å²) in [6.07, 6.45) is 0. The molecule has 0 aliphatic heterocycles. The Labute approximate surface area is 233 Å². The lowest BCUT2D eigenvalue weighted by Gasteiger charge is -2.11. The maximum absolute atomic E-state index is 12.1. The van der Waals surface area contributed by atoms with E-state index in [2.05, 4.69) is 34.5 Å². The maximum atomic E-state index is 12.1. The summed E-state index contributed by atoms with van der Waals surface area (Å²) in [4.78, 5) is 24.2. The van der Waals surface area contributed by atoms with Crippen molar-refractivity contribution in [2.75, 3.05) is 67.1 Å². The minimum absolute atomic E-state index is 0.215. The number of rotatable bonds is 16. The summed E-state index contributed by atoms with van der Waals surface area (Å²) in [5.74, 6) is 21.5. The highest BCUT2D eigenvalue weighted by Crippen LogP contribution is 2.21. The Bertz CT molecular complexity index is 1130. The topological polar surface area (TPSA) is 166 Å². The molecule has 6 N–H and O–H groups in total. The molecule has 40 heavy (non-hydrogen) atoms. The van der Waals surface area contributed by atoms with E-state index in [0.29, 0.717) is 62.3 Å². The van der Waals surface area contributed by atoms with E-state index in [9.17, 15) is 9.59 Å². The second-order valence-corrected chi connectivity index (χ2v) is 7.78. The fourth-order valence-corrected chi connectivity index (χ4v) is 3.09. The molecular weight excluding hydrogens is 520 g/mol. The lowest BCUT2D eigenvalue weighted by Crippen LogP contribution is -2.30. The number of hydrogen-bond donors (Lipinski definition) is 4. The number of carbonyl (C=O) groups excluding carboxylic acids is 2. The average Bonchev–Trinajstić information content (AvgIpc) is 2.98. The van der Waals surface area contributed by atoms with Crippen LogP contribution in [0.5, 0.6) is 11.5 Å². The number of nitrogen functional groups attached to an aromatic ring is 2. The third kappa shape index (κ3) is 11.3. The van der Waals surface area contributed by atoms with Crippen LogP contribution in [0.15, 0.2) is 36.4 Å². The van der Waals surface area contributed by atoms with E-state index in [1.54, 1.807) is 50.6 Å². The predicted octanol–water partition coefficient (Wildman–Crippen LogP) is 0.380. The van der Waals surface area contributed by atoms with Crippen LogP contribution in [0.4, 0.5) is 0 Å². The van der Waals surface area contributed by atoms with Crippen LogP contribution in [0.2, 0.25) is 0 Å². The monoisotopic (exact) mass is 554 g/mol. The van der Waals surface area contributed by atoms with Gasteiger partial charge in [0.15, 0.2) is 0 Å². The largest absolute Gasteiger partial charge is 0.490 e. The zero-order valence-corrected chi connectivity index (χ0v) is 22.5. The molecule has 12 heteroatoms. The lowest BCUT2D eigenvalue weighted by molar-refractivity contribution is 0.0541. The molecule has 0 saturated heterocycles. The number of amides is 2. The van der Waals surface area contributed by atoms with E-state index in [-0.39, 0.29) is 24.3 Å². The number of carbonyl (C=O) groups is 2. The fourth-order valence-electron chi connectivity index (χ4n) is 3.09. The molecule has 2 aromatic carbocycles. The van der Waals surface area contributed by atoms with Crippen molar-refractivity contribution in [2.24, 2.45) is 11.7 Å². The van der Waals surface area contributed by atoms with Crippen molar-refractivity contribution in [3.8, 4) is 35.2 Å². The smallest absolute Gasteiger partial charge is 0.268 e. The van der Waals surface area contributed by atoms with Gasteiger partial charge in [-0.25, -0.2) is 11.7 Å². The normalized spacial score (nSPS) is 10.0. The van der Waals surface area contributed by atoms with Gasteiger partial charge < -0.3 is 28.4 Å². The van der Waals surface area contributed by atoms with E-state index in [4.69, 9.17) is 40.1 Å². The lowest BCUT2D eigenvalue weighted by atomic mass is 10.1. The van der Waals surface area contributed by atoms with Crippen LogP contribution in [0.1, 0.15) is 31.8 Å². The molecule has 2 amide bonds. The molecule has 0 atom stereocenters. The van der Waals surface area contributed by atoms with Crippen LogP contribution < -0.4 is 32.0 Å². The van der Waals surface area contributed by atoms with Crippen molar-refractivity contribution in [3.05, 3.63) is 58.7 Å². The first kappa shape index (κ1) is 32.1. The molecule has 0 aromatic heterocycles. The van der Waals surface area contributed by atoms with Crippen LogP contribution in [0.3, 0.4) is 0 Å². The minimum Gasteiger partial charge on any atom is -0.490 e. The van der Waals surface area contributed by atoms with Crippen LogP contribution in [0.25, 0.3) is 0 Å². The zero-order chi connectivity index (χ0) is 29.0. The summed E-state index contributed by atoms with van der Waals surface area (Å²) >= 11 is 0. The van der Waals surface area contributed by atoms with Gasteiger partial charge in [0.2, 0.25) is 0 Å². The van der Waals surface area contributed by atoms with Gasteiger partial charge in [0, 0.05) is 25.3 Å². The standard InChI is InChI=1S/C28H34N4O8/c1-35-11-13-37-15-17-39-25-19-21(7-9-23(25)27(33)31-29)5-3-4-6-22-8-10-24(28(34)32-30)26(20-22)40-18-16-38-14-12-36-2/h7-10,19-20H,11-18,29-30H2,1-2H3,(H,31,33)(H,32,34). The maximum Gasteiger partial charge on any atom is 0.268 e. The Morgan fingerprint density at radius 3 is 1.43 bits per heavy atom. The molecule has 2 rings (SSSR count). The van der Waals surface area contributed by atoms with Gasteiger partial charge in [-0.2, -0.15) is 0 Å². The highest BCUT2D eigenvalue weighted by atomic mass is 16.5. The summed E-state index contributed by atoms with van der Waals surface area (Å²) in [5, 5.41) is 0. The average molecular weight is 555 g/mol. The number of benzene rings is 2. The van der Waals surface area contributed by atoms with Crippen molar-refractivity contribution in [1.29, 1.82) is 0 Å². The Balaban J connectivity index is 2.12. The number of nitrogens with one attached hydrogen (secondary N) is 2. The molecule has 214 valence electrons. The van der Waals surface area contributed by atoms with E-state index in [1.165, 1.54) is 0 Å². The molecule has 0 radical (unpaired) electrons. The Hall–Kier alpha value is -4.14. The second-order valence-electron chi connectivity index (χ2n) is 7.78. The van der Waals surface area contributed by atoms with Crippen molar-refractivity contribution in [2.45, 2.75) is 0 Å². The number of methoxy groups -OCH3 is 2. The van der Waals surface area contributed by atoms with E-state index in [0.717, 1.165) is 0 Å². The molecule has 0 bridgehead atoms. The van der Waals surface area contributed by atoms with Gasteiger partial charge in [-0.3, -0.25) is 20.4 Å². The van der Waals surface area contributed by atoms with Gasteiger partial charge in [-0.05, 0) is 48.2 Å². The first-order valence-electron chi connectivity index (χ1n) is 12.2. The second kappa shape index (κ2) is 19.0. The SMILES string of the molecule is COCCOCCOc1cc(C#CC#Cc2ccc(C(=O)NN)c(OCCOCCOC)c2)ccc1C(=O)NN. The number of nitrogens with two attached hydrogens (primary N) is 2. The van der Waals surface area contributed by atoms with Gasteiger partial charge in [-0.15, -0.1) is 0 Å². The number of hydrogen-bond acceptors (Lipinski definition) is 10. The first-order chi connectivity index (χ1) is 19.5. The van der Waals surface area contributed by atoms with E-state index in [1.807, 2.05) is 0 Å². The third-order valence-corrected chi connectivity index (χ3v) is 5.02.